The summed E-state index contributed by atoms with van der Waals surface area (Å²) in [5.74, 6) is 3.64. The van der Waals surface area contributed by atoms with Crippen molar-refractivity contribution in [1.29, 1.82) is 0 Å². The van der Waals surface area contributed by atoms with E-state index in [1.54, 1.807) is 12.5 Å². The molecule has 1 aliphatic heterocycles. The highest BCUT2D eigenvalue weighted by Gasteiger charge is 2.19. The zero-order chi connectivity index (χ0) is 11.0. The van der Waals surface area contributed by atoms with Gasteiger partial charge in [-0.15, -0.1) is 0 Å². The van der Waals surface area contributed by atoms with E-state index in [4.69, 9.17) is 4.42 Å². The number of furan rings is 1. The van der Waals surface area contributed by atoms with E-state index >= 15 is 0 Å². The first-order valence-corrected chi connectivity index (χ1v) is 6.22. The summed E-state index contributed by atoms with van der Waals surface area (Å²) in [4.78, 5) is 9.08. The Labute approximate surface area is 97.5 Å². The first-order chi connectivity index (χ1) is 7.88. The van der Waals surface area contributed by atoms with Gasteiger partial charge in [-0.1, -0.05) is 0 Å². The number of nitrogens with one attached hydrogen (secondary N) is 1. The summed E-state index contributed by atoms with van der Waals surface area (Å²) >= 11 is 1.87. The van der Waals surface area contributed by atoms with Crippen LogP contribution in [0.3, 0.4) is 0 Å². The van der Waals surface area contributed by atoms with Crippen LogP contribution in [0.4, 0.5) is 5.82 Å². The topological polar surface area (TPSA) is 51.0 Å². The number of anilines is 1. The standard InChI is InChI=1S/C11H11N3OS/c1-12-11-8-5-16-6-9(8)13-10(14-11)7-2-3-15-4-7/h2-4H,5-6H2,1H3,(H,12,13,14). The largest absolute Gasteiger partial charge is 0.472 e. The van der Waals surface area contributed by atoms with Crippen LogP contribution < -0.4 is 5.32 Å². The van der Waals surface area contributed by atoms with E-state index in [1.165, 1.54) is 5.56 Å². The lowest BCUT2D eigenvalue weighted by Gasteiger charge is -2.07. The van der Waals surface area contributed by atoms with E-state index in [0.29, 0.717) is 0 Å². The van der Waals surface area contributed by atoms with Crippen LogP contribution in [-0.2, 0) is 11.5 Å². The molecular weight excluding hydrogens is 222 g/mol. The van der Waals surface area contributed by atoms with Gasteiger partial charge in [0.05, 0.1) is 17.5 Å². The normalized spacial score (nSPS) is 13.8. The van der Waals surface area contributed by atoms with Crippen LogP contribution in [0.15, 0.2) is 23.0 Å². The van der Waals surface area contributed by atoms with E-state index in [1.807, 2.05) is 24.9 Å². The lowest BCUT2D eigenvalue weighted by atomic mass is 10.2. The molecule has 2 aromatic rings. The fourth-order valence-electron chi connectivity index (χ4n) is 1.78. The summed E-state index contributed by atoms with van der Waals surface area (Å²) in [5, 5.41) is 3.13. The second-order valence-electron chi connectivity index (χ2n) is 3.58. The molecule has 16 heavy (non-hydrogen) atoms. The third-order valence-corrected chi connectivity index (χ3v) is 3.56. The molecular formula is C11H11N3OS. The molecule has 3 rings (SSSR count). The molecule has 5 heteroatoms. The van der Waals surface area contributed by atoms with Crippen LogP contribution in [0.2, 0.25) is 0 Å². The van der Waals surface area contributed by atoms with Crippen LogP contribution in [0, 0.1) is 0 Å². The van der Waals surface area contributed by atoms with Crippen molar-refractivity contribution in [1.82, 2.24) is 9.97 Å². The summed E-state index contributed by atoms with van der Waals surface area (Å²) in [6, 6.07) is 1.88. The predicted octanol–water partition coefficient (Wildman–Crippen LogP) is 2.53. The average molecular weight is 233 g/mol. The highest BCUT2D eigenvalue weighted by Crippen LogP contribution is 2.34. The van der Waals surface area contributed by atoms with Crippen molar-refractivity contribution in [3.63, 3.8) is 0 Å². The second-order valence-corrected chi connectivity index (χ2v) is 4.56. The minimum absolute atomic E-state index is 0.736. The van der Waals surface area contributed by atoms with Gasteiger partial charge in [0.2, 0.25) is 0 Å². The van der Waals surface area contributed by atoms with Gasteiger partial charge in [0.1, 0.15) is 12.1 Å². The van der Waals surface area contributed by atoms with Crippen molar-refractivity contribution in [2.24, 2.45) is 0 Å². The molecule has 82 valence electrons. The van der Waals surface area contributed by atoms with E-state index in [9.17, 15) is 0 Å². The number of fused-ring (bicyclic) bond motifs is 1. The smallest absolute Gasteiger partial charge is 0.165 e. The third-order valence-electron chi connectivity index (χ3n) is 2.59. The van der Waals surface area contributed by atoms with Crippen LogP contribution >= 0.6 is 11.8 Å². The van der Waals surface area contributed by atoms with Gasteiger partial charge < -0.3 is 9.73 Å². The number of rotatable bonds is 2. The van der Waals surface area contributed by atoms with Crippen molar-refractivity contribution >= 4 is 17.6 Å². The first kappa shape index (κ1) is 9.72. The van der Waals surface area contributed by atoms with Crippen LogP contribution in [0.1, 0.15) is 11.3 Å². The third kappa shape index (κ3) is 1.48. The van der Waals surface area contributed by atoms with Gasteiger partial charge in [-0.2, -0.15) is 11.8 Å². The Morgan fingerprint density at radius 2 is 2.31 bits per heavy atom. The summed E-state index contributed by atoms with van der Waals surface area (Å²) in [6.45, 7) is 0. The summed E-state index contributed by atoms with van der Waals surface area (Å²) in [7, 11) is 1.89. The minimum Gasteiger partial charge on any atom is -0.472 e. The molecule has 0 fully saturated rings. The van der Waals surface area contributed by atoms with Crippen molar-refractivity contribution in [3.05, 3.63) is 29.9 Å². The number of aromatic nitrogens is 2. The van der Waals surface area contributed by atoms with E-state index in [2.05, 4.69) is 15.3 Å². The Hall–Kier alpha value is -1.49. The number of nitrogens with zero attached hydrogens (tertiary/aromatic N) is 2. The van der Waals surface area contributed by atoms with Gasteiger partial charge >= 0.3 is 0 Å². The SMILES string of the molecule is CNc1nc(-c2ccoc2)nc2c1CSC2. The Morgan fingerprint density at radius 3 is 3.06 bits per heavy atom. The molecule has 0 unspecified atom stereocenters. The highest BCUT2D eigenvalue weighted by molar-refractivity contribution is 7.98. The molecule has 0 saturated heterocycles. The Kier molecular flexibility index (Phi) is 2.32. The van der Waals surface area contributed by atoms with E-state index in [-0.39, 0.29) is 0 Å². The van der Waals surface area contributed by atoms with Gasteiger partial charge in [0, 0.05) is 24.1 Å². The molecule has 0 spiro atoms. The zero-order valence-corrected chi connectivity index (χ0v) is 9.67. The Morgan fingerprint density at radius 1 is 1.38 bits per heavy atom. The van der Waals surface area contributed by atoms with Crippen molar-refractivity contribution in [2.45, 2.75) is 11.5 Å². The maximum Gasteiger partial charge on any atom is 0.165 e. The Balaban J connectivity index is 2.15. The summed E-state index contributed by atoms with van der Waals surface area (Å²) in [6.07, 6.45) is 3.31. The second kappa shape index (κ2) is 3.83. The molecule has 2 aromatic heterocycles. The lowest BCUT2D eigenvalue weighted by molar-refractivity contribution is 0.568. The van der Waals surface area contributed by atoms with Gasteiger partial charge in [-0.3, -0.25) is 0 Å². The maximum absolute atomic E-state index is 5.06. The molecule has 4 nitrogen and oxygen atoms in total. The van der Waals surface area contributed by atoms with E-state index < -0.39 is 0 Å². The molecule has 0 amide bonds. The molecule has 0 saturated carbocycles. The van der Waals surface area contributed by atoms with Crippen molar-refractivity contribution in [2.75, 3.05) is 12.4 Å². The monoisotopic (exact) mass is 233 g/mol. The molecule has 1 N–H and O–H groups in total. The maximum atomic E-state index is 5.06. The molecule has 3 heterocycles. The van der Waals surface area contributed by atoms with Gasteiger partial charge in [-0.25, -0.2) is 9.97 Å². The van der Waals surface area contributed by atoms with E-state index in [0.717, 1.165) is 34.4 Å². The molecule has 0 aliphatic carbocycles. The van der Waals surface area contributed by atoms with Gasteiger partial charge in [-0.05, 0) is 6.07 Å². The molecule has 0 radical (unpaired) electrons. The van der Waals surface area contributed by atoms with Crippen LogP contribution in [0.5, 0.6) is 0 Å². The quantitative estimate of drug-likeness (QED) is 0.863. The van der Waals surface area contributed by atoms with Crippen LogP contribution in [0.25, 0.3) is 11.4 Å². The molecule has 0 aromatic carbocycles. The fourth-order valence-corrected chi connectivity index (χ4v) is 2.82. The fraction of sp³-hybridized carbons (Fsp3) is 0.273. The number of hydrogen-bond acceptors (Lipinski definition) is 5. The van der Waals surface area contributed by atoms with Gasteiger partial charge in [0.15, 0.2) is 5.82 Å². The molecule has 0 bridgehead atoms. The highest BCUT2D eigenvalue weighted by atomic mass is 32.2. The Bertz CT molecular complexity index is 510. The van der Waals surface area contributed by atoms with Crippen LogP contribution in [-0.4, -0.2) is 17.0 Å². The van der Waals surface area contributed by atoms with Crippen molar-refractivity contribution < 1.29 is 4.42 Å². The summed E-state index contributed by atoms with van der Waals surface area (Å²) < 4.78 is 5.06. The minimum atomic E-state index is 0.736. The van der Waals surface area contributed by atoms with Crippen molar-refractivity contribution in [3.8, 4) is 11.4 Å². The molecule has 1 aliphatic rings. The number of hydrogen-bond donors (Lipinski definition) is 1. The summed E-state index contributed by atoms with van der Waals surface area (Å²) in [5.41, 5.74) is 3.30. The first-order valence-electron chi connectivity index (χ1n) is 5.06. The predicted molar refractivity (Wildman–Crippen MR) is 64.3 cm³/mol. The zero-order valence-electron chi connectivity index (χ0n) is 8.86. The average Bonchev–Trinajstić information content (AvgIpc) is 2.97. The lowest BCUT2D eigenvalue weighted by Crippen LogP contribution is -2.02. The number of thioether (sulfide) groups is 1. The molecule has 0 atom stereocenters. The van der Waals surface area contributed by atoms with Gasteiger partial charge in [0.25, 0.3) is 0 Å².